The van der Waals surface area contributed by atoms with Gasteiger partial charge in [0, 0.05) is 0 Å². The minimum Gasteiger partial charge on any atom is -0.493 e. The van der Waals surface area contributed by atoms with Crippen LogP contribution in [0.2, 0.25) is 0 Å². The van der Waals surface area contributed by atoms with Gasteiger partial charge in [-0.05, 0) is 23.3 Å². The van der Waals surface area contributed by atoms with Crippen molar-refractivity contribution in [3.63, 3.8) is 0 Å². The van der Waals surface area contributed by atoms with E-state index in [1.54, 1.807) is 10.2 Å². The number of nitrogens with zero attached hydrogens (tertiary/aromatic N) is 1. The molecule has 0 fully saturated rings. The Labute approximate surface area is 144 Å². The molecule has 0 aliphatic heterocycles. The molecule has 2 aromatic carbocycles. The lowest BCUT2D eigenvalue weighted by molar-refractivity contribution is 0.284. The summed E-state index contributed by atoms with van der Waals surface area (Å²) in [6, 6.07) is 15.7. The van der Waals surface area contributed by atoms with Crippen molar-refractivity contribution in [2.75, 3.05) is 7.11 Å². The van der Waals surface area contributed by atoms with Gasteiger partial charge in [0.1, 0.15) is 6.61 Å². The van der Waals surface area contributed by atoms with Crippen molar-refractivity contribution in [3.05, 3.63) is 59.7 Å². The number of hydrogen-bond acceptors (Lipinski definition) is 3. The van der Waals surface area contributed by atoms with Crippen LogP contribution in [-0.2, 0) is 13.2 Å². The Morgan fingerprint density at radius 1 is 1.14 bits per heavy atom. The zero-order valence-corrected chi connectivity index (χ0v) is 14.4. The van der Waals surface area contributed by atoms with Crippen LogP contribution >= 0.6 is 22.9 Å². The van der Waals surface area contributed by atoms with Gasteiger partial charge in [0.2, 0.25) is 0 Å². The second-order valence-corrected chi connectivity index (χ2v) is 5.83. The third kappa shape index (κ3) is 4.52. The summed E-state index contributed by atoms with van der Waals surface area (Å²) < 4.78 is 12.8. The molecule has 0 radical (unpaired) electrons. The lowest BCUT2D eigenvalue weighted by Gasteiger charge is -2.16. The monoisotopic (exact) mass is 411 g/mol. The van der Waals surface area contributed by atoms with Crippen molar-refractivity contribution in [2.24, 2.45) is 5.73 Å². The van der Waals surface area contributed by atoms with E-state index in [4.69, 9.17) is 20.6 Å². The smallest absolute Gasteiger partial charge is 0.197 e. The summed E-state index contributed by atoms with van der Waals surface area (Å²) in [4.78, 5) is 0. The van der Waals surface area contributed by atoms with E-state index < -0.39 is 0 Å². The number of benzene rings is 2. The first-order chi connectivity index (χ1) is 10.6. The minimum atomic E-state index is 0.0176. The Morgan fingerprint density at radius 2 is 1.86 bits per heavy atom. The highest BCUT2D eigenvalue weighted by Gasteiger charge is 2.09. The number of hydrogen-bond donors (Lipinski definition) is 2. The number of nitrogens with two attached hydrogens (primary N) is 1. The van der Waals surface area contributed by atoms with Gasteiger partial charge in [-0.1, -0.05) is 36.4 Å². The minimum absolute atomic E-state index is 0.0176. The molecule has 0 amide bonds. The first-order valence-electron chi connectivity index (χ1n) is 6.71. The van der Waals surface area contributed by atoms with Gasteiger partial charge in [-0.25, -0.2) is 0 Å². The molecule has 0 saturated heterocycles. The third-order valence-electron chi connectivity index (χ3n) is 3.05. The number of nitrogens with one attached hydrogen (secondary N) is 1. The second-order valence-electron chi connectivity index (χ2n) is 4.66. The molecule has 6 heteroatoms. The maximum Gasteiger partial charge on any atom is 0.197 e. The highest BCUT2D eigenvalue weighted by molar-refractivity contribution is 14.1. The van der Waals surface area contributed by atoms with Crippen LogP contribution < -0.4 is 15.2 Å². The van der Waals surface area contributed by atoms with Crippen LogP contribution in [0.5, 0.6) is 11.5 Å². The molecule has 0 atom stereocenters. The largest absolute Gasteiger partial charge is 0.493 e. The molecule has 0 saturated carbocycles. The van der Waals surface area contributed by atoms with E-state index in [-0.39, 0.29) is 5.96 Å². The maximum absolute atomic E-state index is 7.39. The van der Waals surface area contributed by atoms with Gasteiger partial charge in [-0.3, -0.25) is 8.52 Å². The average Bonchev–Trinajstić information content (AvgIpc) is 2.54. The Balaban J connectivity index is 2.07. The first-order valence-corrected chi connectivity index (χ1v) is 7.67. The van der Waals surface area contributed by atoms with Crippen LogP contribution in [0.25, 0.3) is 0 Å². The molecule has 0 spiro atoms. The predicted octanol–water partition coefficient (Wildman–Crippen LogP) is 3.32. The SMILES string of the molecule is COc1cc(CN(I)C(=N)N)ccc1OCc1ccccc1. The highest BCUT2D eigenvalue weighted by atomic mass is 127. The Hall–Kier alpha value is -1.96. The predicted molar refractivity (Wildman–Crippen MR) is 95.2 cm³/mol. The molecule has 0 unspecified atom stereocenters. The lowest BCUT2D eigenvalue weighted by atomic mass is 10.2. The summed E-state index contributed by atoms with van der Waals surface area (Å²) in [5.74, 6) is 1.38. The Bertz CT molecular complexity index is 635. The zero-order chi connectivity index (χ0) is 15.9. The Kier molecular flexibility index (Phi) is 5.88. The summed E-state index contributed by atoms with van der Waals surface area (Å²) in [5, 5.41) is 7.39. The van der Waals surface area contributed by atoms with Crippen molar-refractivity contribution in [1.82, 2.24) is 3.11 Å². The molecule has 22 heavy (non-hydrogen) atoms. The van der Waals surface area contributed by atoms with Crippen molar-refractivity contribution < 1.29 is 9.47 Å². The molecular formula is C16H18IN3O2. The highest BCUT2D eigenvalue weighted by Crippen LogP contribution is 2.29. The van der Waals surface area contributed by atoms with E-state index in [1.165, 1.54) is 0 Å². The molecule has 5 nitrogen and oxygen atoms in total. The van der Waals surface area contributed by atoms with Gasteiger partial charge < -0.3 is 15.2 Å². The summed E-state index contributed by atoms with van der Waals surface area (Å²) in [6.07, 6.45) is 0. The number of guanidine groups is 1. The molecule has 116 valence electrons. The van der Waals surface area contributed by atoms with Gasteiger partial charge in [0.15, 0.2) is 17.5 Å². The van der Waals surface area contributed by atoms with Gasteiger partial charge in [-0.15, -0.1) is 0 Å². The fourth-order valence-electron chi connectivity index (χ4n) is 1.91. The number of ether oxygens (including phenoxy) is 2. The lowest BCUT2D eigenvalue weighted by Crippen LogP contribution is -2.27. The van der Waals surface area contributed by atoms with E-state index in [0.717, 1.165) is 11.1 Å². The van der Waals surface area contributed by atoms with Crippen LogP contribution in [0.15, 0.2) is 48.5 Å². The topological polar surface area (TPSA) is 71.6 Å². The molecule has 0 aromatic heterocycles. The van der Waals surface area contributed by atoms with E-state index >= 15 is 0 Å². The molecular weight excluding hydrogens is 393 g/mol. The number of methoxy groups -OCH3 is 1. The van der Waals surface area contributed by atoms with Crippen molar-refractivity contribution >= 4 is 28.8 Å². The van der Waals surface area contributed by atoms with E-state index in [2.05, 4.69) is 0 Å². The van der Waals surface area contributed by atoms with Gasteiger partial charge >= 0.3 is 0 Å². The van der Waals surface area contributed by atoms with E-state index in [0.29, 0.717) is 24.7 Å². The van der Waals surface area contributed by atoms with E-state index in [9.17, 15) is 0 Å². The Morgan fingerprint density at radius 3 is 2.50 bits per heavy atom. The van der Waals surface area contributed by atoms with Crippen LogP contribution in [0.4, 0.5) is 0 Å². The van der Waals surface area contributed by atoms with Crippen molar-refractivity contribution in [3.8, 4) is 11.5 Å². The average molecular weight is 411 g/mol. The zero-order valence-electron chi connectivity index (χ0n) is 12.3. The standard InChI is InChI=1S/C16H18IN3O2/c1-21-15-9-13(10-20(17)16(18)19)7-8-14(15)22-11-12-5-3-2-4-6-12/h2-9H,10-11H2,1H3,(H3,18,19). The molecule has 0 heterocycles. The fraction of sp³-hybridized carbons (Fsp3) is 0.188. The maximum atomic E-state index is 7.39. The molecule has 0 aliphatic carbocycles. The number of rotatable bonds is 6. The summed E-state index contributed by atoms with van der Waals surface area (Å²) >= 11 is 2.00. The number of halogens is 1. The third-order valence-corrected chi connectivity index (χ3v) is 3.91. The van der Waals surface area contributed by atoms with Crippen molar-refractivity contribution in [2.45, 2.75) is 13.2 Å². The van der Waals surface area contributed by atoms with Crippen LogP contribution in [-0.4, -0.2) is 16.2 Å². The van der Waals surface area contributed by atoms with Gasteiger partial charge in [-0.2, -0.15) is 0 Å². The van der Waals surface area contributed by atoms with Crippen LogP contribution in [0.3, 0.4) is 0 Å². The van der Waals surface area contributed by atoms with Gasteiger partial charge in [0.05, 0.1) is 36.5 Å². The first kappa shape index (κ1) is 16.4. The molecule has 2 aromatic rings. The van der Waals surface area contributed by atoms with E-state index in [1.807, 2.05) is 71.4 Å². The molecule has 0 aliphatic rings. The normalized spacial score (nSPS) is 10.1. The van der Waals surface area contributed by atoms with Crippen molar-refractivity contribution in [1.29, 1.82) is 5.41 Å². The molecule has 0 bridgehead atoms. The molecule has 3 N–H and O–H groups in total. The van der Waals surface area contributed by atoms with Crippen LogP contribution in [0, 0.1) is 5.41 Å². The second kappa shape index (κ2) is 7.88. The summed E-state index contributed by atoms with van der Waals surface area (Å²) in [6.45, 7) is 1.02. The quantitative estimate of drug-likeness (QED) is 0.331. The summed E-state index contributed by atoms with van der Waals surface area (Å²) in [5.41, 5.74) is 7.54. The molecule has 2 rings (SSSR count). The summed E-state index contributed by atoms with van der Waals surface area (Å²) in [7, 11) is 1.61. The van der Waals surface area contributed by atoms with Gasteiger partial charge in [0.25, 0.3) is 0 Å². The van der Waals surface area contributed by atoms with Crippen LogP contribution in [0.1, 0.15) is 11.1 Å². The fourth-order valence-corrected chi connectivity index (χ4v) is 2.30.